The number of hydrogen-bond donors (Lipinski definition) is 1. The van der Waals surface area contributed by atoms with E-state index in [1.807, 2.05) is 18.2 Å². The first kappa shape index (κ1) is 15.2. The molecule has 106 valence electrons. The van der Waals surface area contributed by atoms with Gasteiger partial charge in [-0.25, -0.2) is 0 Å². The summed E-state index contributed by atoms with van der Waals surface area (Å²) in [5.74, 6) is 0.598. The molecule has 0 bridgehead atoms. The molecule has 19 heavy (non-hydrogen) atoms. The molecule has 2 rings (SSSR count). The van der Waals surface area contributed by atoms with Crippen molar-refractivity contribution >= 4 is 23.2 Å². The Hall–Kier alpha value is -0.240. The second-order valence-corrected chi connectivity index (χ2v) is 7.38. The number of hydrogen-bond acceptors (Lipinski definition) is 1. The zero-order valence-electron chi connectivity index (χ0n) is 11.8. The second-order valence-electron chi connectivity index (χ2n) is 6.57. The van der Waals surface area contributed by atoms with Gasteiger partial charge in [0.1, 0.15) is 0 Å². The van der Waals surface area contributed by atoms with Gasteiger partial charge in [-0.05, 0) is 61.1 Å². The molecule has 3 heteroatoms. The lowest BCUT2D eigenvalue weighted by atomic mass is 9.70. The molecule has 1 unspecified atom stereocenters. The fraction of sp³-hybridized carbons (Fsp3) is 0.625. The molecule has 1 aliphatic rings. The lowest BCUT2D eigenvalue weighted by Gasteiger charge is -2.37. The third-order valence-electron chi connectivity index (χ3n) is 4.49. The summed E-state index contributed by atoms with van der Waals surface area (Å²) in [5, 5.41) is 1.47. The molecule has 0 aliphatic heterocycles. The van der Waals surface area contributed by atoms with Gasteiger partial charge in [-0.15, -0.1) is 0 Å². The molecule has 1 aliphatic carbocycles. The van der Waals surface area contributed by atoms with Crippen LogP contribution in [-0.2, 0) is 6.42 Å². The van der Waals surface area contributed by atoms with E-state index in [1.165, 1.54) is 25.7 Å². The average molecular weight is 300 g/mol. The summed E-state index contributed by atoms with van der Waals surface area (Å²) in [6.07, 6.45) is 5.75. The van der Waals surface area contributed by atoms with Crippen LogP contribution in [0.15, 0.2) is 18.2 Å². The van der Waals surface area contributed by atoms with E-state index in [4.69, 9.17) is 28.9 Å². The normalized spacial score (nSPS) is 21.3. The maximum absolute atomic E-state index is 6.39. The van der Waals surface area contributed by atoms with Crippen molar-refractivity contribution in [3.8, 4) is 0 Å². The molecule has 0 amide bonds. The smallest absolute Gasteiger partial charge is 0.0453 e. The molecule has 1 nitrogen and oxygen atoms in total. The van der Waals surface area contributed by atoms with E-state index in [0.717, 1.165) is 22.0 Å². The fourth-order valence-electron chi connectivity index (χ4n) is 2.98. The molecule has 1 atom stereocenters. The van der Waals surface area contributed by atoms with E-state index < -0.39 is 0 Å². The summed E-state index contributed by atoms with van der Waals surface area (Å²) in [6.45, 7) is 4.69. The van der Waals surface area contributed by atoms with Crippen molar-refractivity contribution in [1.29, 1.82) is 0 Å². The van der Waals surface area contributed by atoms with E-state index in [9.17, 15) is 0 Å². The van der Waals surface area contributed by atoms with Crippen LogP contribution < -0.4 is 5.73 Å². The summed E-state index contributed by atoms with van der Waals surface area (Å²) in [5.41, 5.74) is 7.88. The first-order valence-corrected chi connectivity index (χ1v) is 7.83. The molecule has 0 heterocycles. The van der Waals surface area contributed by atoms with Gasteiger partial charge in [-0.1, -0.05) is 43.1 Å². The van der Waals surface area contributed by atoms with Gasteiger partial charge in [-0.2, -0.15) is 0 Å². The summed E-state index contributed by atoms with van der Waals surface area (Å²) in [4.78, 5) is 0. The Morgan fingerprint density at radius 3 is 2.26 bits per heavy atom. The zero-order valence-corrected chi connectivity index (χ0v) is 13.3. The van der Waals surface area contributed by atoms with Gasteiger partial charge in [-0.3, -0.25) is 0 Å². The van der Waals surface area contributed by atoms with Crippen molar-refractivity contribution in [2.75, 3.05) is 0 Å². The summed E-state index contributed by atoms with van der Waals surface area (Å²) in [6, 6.07) is 5.82. The van der Waals surface area contributed by atoms with Crippen LogP contribution >= 0.6 is 23.2 Å². The lowest BCUT2D eigenvalue weighted by molar-refractivity contribution is 0.173. The predicted octanol–water partition coefficient (Wildman–Crippen LogP) is 5.08. The van der Waals surface area contributed by atoms with Crippen LogP contribution in [0.2, 0.25) is 10.0 Å². The van der Waals surface area contributed by atoms with Gasteiger partial charge < -0.3 is 5.73 Å². The fourth-order valence-corrected chi connectivity index (χ4v) is 3.53. The Kier molecular flexibility index (Phi) is 4.81. The predicted molar refractivity (Wildman–Crippen MR) is 83.9 cm³/mol. The molecule has 0 saturated heterocycles. The zero-order chi connectivity index (χ0) is 14.0. The lowest BCUT2D eigenvalue weighted by Crippen LogP contribution is -2.36. The van der Waals surface area contributed by atoms with Crippen molar-refractivity contribution in [2.45, 2.75) is 52.0 Å². The van der Waals surface area contributed by atoms with E-state index in [2.05, 4.69) is 13.8 Å². The third kappa shape index (κ3) is 3.87. The molecule has 1 aromatic carbocycles. The Morgan fingerprint density at radius 1 is 1.21 bits per heavy atom. The quantitative estimate of drug-likeness (QED) is 0.827. The van der Waals surface area contributed by atoms with Crippen molar-refractivity contribution < 1.29 is 0 Å². The summed E-state index contributed by atoms with van der Waals surface area (Å²) in [7, 11) is 0. The molecule has 1 saturated carbocycles. The Bertz CT molecular complexity index is 412. The van der Waals surface area contributed by atoms with Crippen molar-refractivity contribution in [3.63, 3.8) is 0 Å². The average Bonchev–Trinajstić information content (AvgIpc) is 2.33. The maximum Gasteiger partial charge on any atom is 0.0453 e. The Labute approximate surface area is 126 Å². The molecule has 0 aromatic heterocycles. The molecule has 0 radical (unpaired) electrons. The minimum Gasteiger partial charge on any atom is -0.327 e. The molecule has 2 N–H and O–H groups in total. The van der Waals surface area contributed by atoms with Crippen LogP contribution in [0.1, 0.15) is 45.1 Å². The number of benzene rings is 1. The van der Waals surface area contributed by atoms with Crippen LogP contribution in [0.25, 0.3) is 0 Å². The van der Waals surface area contributed by atoms with Crippen molar-refractivity contribution in [3.05, 3.63) is 33.8 Å². The van der Waals surface area contributed by atoms with Gasteiger partial charge in [0.05, 0.1) is 0 Å². The van der Waals surface area contributed by atoms with Crippen LogP contribution in [0.4, 0.5) is 0 Å². The molecular formula is C16H23Cl2N. The SMILES string of the molecule is CC1(C)CCC(C(N)Cc2c(Cl)cccc2Cl)CC1. The second kappa shape index (κ2) is 6.03. The van der Waals surface area contributed by atoms with Crippen molar-refractivity contribution in [2.24, 2.45) is 17.1 Å². The number of rotatable bonds is 3. The molecular weight excluding hydrogens is 277 g/mol. The molecule has 1 aromatic rings. The van der Waals surface area contributed by atoms with Crippen LogP contribution in [0.5, 0.6) is 0 Å². The van der Waals surface area contributed by atoms with E-state index in [-0.39, 0.29) is 6.04 Å². The summed E-state index contributed by atoms with van der Waals surface area (Å²) >= 11 is 12.4. The monoisotopic (exact) mass is 299 g/mol. The Balaban J connectivity index is 2.00. The van der Waals surface area contributed by atoms with Gasteiger partial charge in [0.25, 0.3) is 0 Å². The molecule has 0 spiro atoms. The highest BCUT2D eigenvalue weighted by Crippen LogP contribution is 2.39. The van der Waals surface area contributed by atoms with Crippen LogP contribution in [-0.4, -0.2) is 6.04 Å². The largest absolute Gasteiger partial charge is 0.327 e. The highest BCUT2D eigenvalue weighted by atomic mass is 35.5. The van der Waals surface area contributed by atoms with E-state index >= 15 is 0 Å². The minimum atomic E-state index is 0.161. The highest BCUT2D eigenvalue weighted by molar-refractivity contribution is 6.36. The van der Waals surface area contributed by atoms with E-state index in [1.54, 1.807) is 0 Å². The van der Waals surface area contributed by atoms with Crippen LogP contribution in [0.3, 0.4) is 0 Å². The number of halogens is 2. The van der Waals surface area contributed by atoms with Gasteiger partial charge >= 0.3 is 0 Å². The minimum absolute atomic E-state index is 0.161. The molecule has 1 fully saturated rings. The van der Waals surface area contributed by atoms with Gasteiger partial charge in [0.15, 0.2) is 0 Å². The van der Waals surface area contributed by atoms with Crippen LogP contribution in [0, 0.1) is 11.3 Å². The Morgan fingerprint density at radius 2 is 1.74 bits per heavy atom. The highest BCUT2D eigenvalue weighted by Gasteiger charge is 2.30. The first-order valence-electron chi connectivity index (χ1n) is 7.07. The number of nitrogens with two attached hydrogens (primary N) is 1. The van der Waals surface area contributed by atoms with Gasteiger partial charge in [0.2, 0.25) is 0 Å². The van der Waals surface area contributed by atoms with Gasteiger partial charge in [0, 0.05) is 16.1 Å². The van der Waals surface area contributed by atoms with Crippen molar-refractivity contribution in [1.82, 2.24) is 0 Å². The standard InChI is InChI=1S/C16H23Cl2N/c1-16(2)8-6-11(7-9-16)15(19)10-12-13(17)4-3-5-14(12)18/h3-5,11,15H,6-10,19H2,1-2H3. The van der Waals surface area contributed by atoms with E-state index in [0.29, 0.717) is 11.3 Å². The topological polar surface area (TPSA) is 26.0 Å². The summed E-state index contributed by atoms with van der Waals surface area (Å²) < 4.78 is 0. The maximum atomic E-state index is 6.39. The third-order valence-corrected chi connectivity index (χ3v) is 5.20. The first-order chi connectivity index (χ1) is 8.89.